The lowest BCUT2D eigenvalue weighted by atomic mass is 10.2. The van der Waals surface area contributed by atoms with Crippen molar-refractivity contribution < 1.29 is 14.7 Å². The Morgan fingerprint density at radius 1 is 1.53 bits per heavy atom. The number of nitrogens with one attached hydrogen (secondary N) is 2. The largest absolute Gasteiger partial charge is 0.395 e. The summed E-state index contributed by atoms with van der Waals surface area (Å²) in [5, 5.41) is 13.5. The number of carbonyl (C=O) groups excluding carboxylic acids is 2. The first-order valence-corrected chi connectivity index (χ1v) is 5.04. The van der Waals surface area contributed by atoms with Gasteiger partial charge < -0.3 is 10.4 Å². The van der Waals surface area contributed by atoms with Crippen LogP contribution in [0, 0.1) is 0 Å². The third-order valence-electron chi connectivity index (χ3n) is 2.54. The SMILES string of the molecule is CNC(=O)NC(=O)CN1CCC[C@H]1CO. The number of imide groups is 1. The summed E-state index contributed by atoms with van der Waals surface area (Å²) in [6.45, 7) is 1.03. The average Bonchev–Trinajstić information content (AvgIpc) is 2.64. The van der Waals surface area contributed by atoms with Crippen LogP contribution in [-0.2, 0) is 4.79 Å². The fourth-order valence-corrected chi connectivity index (χ4v) is 1.72. The maximum Gasteiger partial charge on any atom is 0.321 e. The summed E-state index contributed by atoms with van der Waals surface area (Å²) in [4.78, 5) is 24.1. The van der Waals surface area contributed by atoms with Crippen LogP contribution < -0.4 is 10.6 Å². The van der Waals surface area contributed by atoms with E-state index in [1.165, 1.54) is 7.05 Å². The molecule has 3 amide bonds. The summed E-state index contributed by atoms with van der Waals surface area (Å²) in [6.07, 6.45) is 1.89. The molecule has 86 valence electrons. The van der Waals surface area contributed by atoms with E-state index in [4.69, 9.17) is 5.11 Å². The average molecular weight is 215 g/mol. The lowest BCUT2D eigenvalue weighted by molar-refractivity contribution is -0.121. The molecular formula is C9H17N3O3. The molecule has 0 unspecified atom stereocenters. The molecule has 1 rings (SSSR count). The molecule has 1 aliphatic heterocycles. The number of hydrogen-bond donors (Lipinski definition) is 3. The molecule has 6 nitrogen and oxygen atoms in total. The molecule has 0 bridgehead atoms. The van der Waals surface area contributed by atoms with Crippen LogP contribution in [0.1, 0.15) is 12.8 Å². The van der Waals surface area contributed by atoms with E-state index in [1.54, 1.807) is 0 Å². The Balaban J connectivity index is 2.34. The molecule has 1 fully saturated rings. The Hall–Kier alpha value is -1.14. The summed E-state index contributed by atoms with van der Waals surface area (Å²) in [5.74, 6) is -0.338. The van der Waals surface area contributed by atoms with Crippen LogP contribution in [0.2, 0.25) is 0 Å². The standard InChI is InChI=1S/C9H17N3O3/c1-10-9(15)11-8(14)5-12-4-2-3-7(12)6-13/h7,13H,2-6H2,1H3,(H2,10,11,14,15)/t7-/m0/s1. The zero-order valence-corrected chi connectivity index (χ0v) is 8.82. The van der Waals surface area contributed by atoms with Crippen molar-refractivity contribution in [2.75, 3.05) is 26.7 Å². The summed E-state index contributed by atoms with van der Waals surface area (Å²) < 4.78 is 0. The second-order valence-electron chi connectivity index (χ2n) is 3.58. The topological polar surface area (TPSA) is 81.7 Å². The van der Waals surface area contributed by atoms with Crippen molar-refractivity contribution in [1.82, 2.24) is 15.5 Å². The minimum atomic E-state index is -0.500. The molecule has 15 heavy (non-hydrogen) atoms. The first-order chi connectivity index (χ1) is 7.17. The van der Waals surface area contributed by atoms with Crippen molar-refractivity contribution in [2.24, 2.45) is 0 Å². The van der Waals surface area contributed by atoms with Gasteiger partial charge in [-0.2, -0.15) is 0 Å². The van der Waals surface area contributed by atoms with Crippen LogP contribution in [0.15, 0.2) is 0 Å². The van der Waals surface area contributed by atoms with Crippen LogP contribution >= 0.6 is 0 Å². The molecule has 3 N–H and O–H groups in total. The molecule has 1 atom stereocenters. The molecule has 6 heteroatoms. The van der Waals surface area contributed by atoms with Gasteiger partial charge in [0.25, 0.3) is 0 Å². The third-order valence-corrected chi connectivity index (χ3v) is 2.54. The fourth-order valence-electron chi connectivity index (χ4n) is 1.72. The monoisotopic (exact) mass is 215 g/mol. The number of nitrogens with zero attached hydrogens (tertiary/aromatic N) is 1. The predicted octanol–water partition coefficient (Wildman–Crippen LogP) is -1.10. The van der Waals surface area contributed by atoms with Crippen LogP contribution in [0.4, 0.5) is 4.79 Å². The van der Waals surface area contributed by atoms with Gasteiger partial charge in [-0.1, -0.05) is 0 Å². The molecule has 0 aromatic carbocycles. The fraction of sp³-hybridized carbons (Fsp3) is 0.778. The highest BCUT2D eigenvalue weighted by molar-refractivity contribution is 5.95. The second-order valence-corrected chi connectivity index (χ2v) is 3.58. The normalized spacial score (nSPS) is 21.3. The number of hydrogen-bond acceptors (Lipinski definition) is 4. The maximum atomic E-state index is 11.3. The van der Waals surface area contributed by atoms with Crippen LogP contribution in [-0.4, -0.2) is 54.7 Å². The van der Waals surface area contributed by atoms with E-state index in [-0.39, 0.29) is 25.1 Å². The molecule has 0 radical (unpaired) electrons. The van der Waals surface area contributed by atoms with Gasteiger partial charge in [0.15, 0.2) is 0 Å². The van der Waals surface area contributed by atoms with E-state index in [2.05, 4.69) is 10.6 Å². The van der Waals surface area contributed by atoms with E-state index in [1.807, 2.05) is 4.90 Å². The van der Waals surface area contributed by atoms with Crippen molar-refractivity contribution in [1.29, 1.82) is 0 Å². The van der Waals surface area contributed by atoms with Gasteiger partial charge in [0.05, 0.1) is 13.2 Å². The molecule has 0 aromatic heterocycles. The van der Waals surface area contributed by atoms with E-state index in [9.17, 15) is 9.59 Å². The lowest BCUT2D eigenvalue weighted by Crippen LogP contribution is -2.45. The molecule has 0 saturated carbocycles. The van der Waals surface area contributed by atoms with Gasteiger partial charge in [0.2, 0.25) is 5.91 Å². The predicted molar refractivity (Wildman–Crippen MR) is 54.3 cm³/mol. The lowest BCUT2D eigenvalue weighted by Gasteiger charge is -2.21. The smallest absolute Gasteiger partial charge is 0.321 e. The summed E-state index contributed by atoms with van der Waals surface area (Å²) in [6, 6.07) is -0.444. The van der Waals surface area contributed by atoms with Crippen molar-refractivity contribution in [2.45, 2.75) is 18.9 Å². The Morgan fingerprint density at radius 2 is 2.27 bits per heavy atom. The van der Waals surface area contributed by atoms with Gasteiger partial charge >= 0.3 is 6.03 Å². The van der Waals surface area contributed by atoms with Crippen molar-refractivity contribution in [3.8, 4) is 0 Å². The van der Waals surface area contributed by atoms with Crippen LogP contribution in [0.3, 0.4) is 0 Å². The highest BCUT2D eigenvalue weighted by Gasteiger charge is 2.25. The van der Waals surface area contributed by atoms with Gasteiger partial charge in [-0.25, -0.2) is 4.79 Å². The molecule has 0 aromatic rings. The third kappa shape index (κ3) is 3.49. The number of urea groups is 1. The second kappa shape index (κ2) is 5.67. The van der Waals surface area contributed by atoms with E-state index >= 15 is 0 Å². The highest BCUT2D eigenvalue weighted by atomic mass is 16.3. The Bertz CT molecular complexity index is 245. The molecule has 0 aliphatic carbocycles. The Labute approximate surface area is 88.6 Å². The van der Waals surface area contributed by atoms with Crippen LogP contribution in [0.5, 0.6) is 0 Å². The highest BCUT2D eigenvalue weighted by Crippen LogP contribution is 2.15. The molecule has 0 spiro atoms. The summed E-state index contributed by atoms with van der Waals surface area (Å²) in [7, 11) is 1.45. The number of aliphatic hydroxyl groups is 1. The summed E-state index contributed by atoms with van der Waals surface area (Å²) >= 11 is 0. The molecule has 1 heterocycles. The number of likely N-dealkylation sites (tertiary alicyclic amines) is 1. The molecule has 1 aliphatic rings. The van der Waals surface area contributed by atoms with Crippen LogP contribution in [0.25, 0.3) is 0 Å². The first-order valence-electron chi connectivity index (χ1n) is 5.04. The van der Waals surface area contributed by atoms with Gasteiger partial charge in [-0.3, -0.25) is 15.0 Å². The number of aliphatic hydroxyl groups excluding tert-OH is 1. The zero-order valence-electron chi connectivity index (χ0n) is 8.82. The zero-order chi connectivity index (χ0) is 11.3. The van der Waals surface area contributed by atoms with Gasteiger partial charge in [-0.15, -0.1) is 0 Å². The van der Waals surface area contributed by atoms with E-state index in [0.29, 0.717) is 0 Å². The van der Waals surface area contributed by atoms with Crippen molar-refractivity contribution >= 4 is 11.9 Å². The summed E-state index contributed by atoms with van der Waals surface area (Å²) in [5.41, 5.74) is 0. The Kier molecular flexibility index (Phi) is 4.51. The minimum absolute atomic E-state index is 0.0560. The van der Waals surface area contributed by atoms with Crippen molar-refractivity contribution in [3.63, 3.8) is 0 Å². The number of rotatable bonds is 3. The van der Waals surface area contributed by atoms with Gasteiger partial charge in [0, 0.05) is 13.1 Å². The minimum Gasteiger partial charge on any atom is -0.395 e. The van der Waals surface area contributed by atoms with Gasteiger partial charge in [0.1, 0.15) is 0 Å². The van der Waals surface area contributed by atoms with E-state index in [0.717, 1.165) is 19.4 Å². The number of amides is 3. The molecular weight excluding hydrogens is 198 g/mol. The number of carbonyl (C=O) groups is 2. The quantitative estimate of drug-likeness (QED) is 0.558. The first kappa shape index (κ1) is 11.9. The van der Waals surface area contributed by atoms with Crippen molar-refractivity contribution in [3.05, 3.63) is 0 Å². The van der Waals surface area contributed by atoms with E-state index < -0.39 is 6.03 Å². The molecule has 1 saturated heterocycles. The van der Waals surface area contributed by atoms with Gasteiger partial charge in [-0.05, 0) is 19.4 Å². The Morgan fingerprint density at radius 3 is 2.87 bits per heavy atom. The maximum absolute atomic E-state index is 11.3.